The van der Waals surface area contributed by atoms with E-state index in [2.05, 4.69) is 26.8 Å². The van der Waals surface area contributed by atoms with E-state index in [1.807, 2.05) is 32.1 Å². The Morgan fingerprint density at radius 3 is 1.78 bits per heavy atom. The van der Waals surface area contributed by atoms with Gasteiger partial charge in [-0.2, -0.15) is 0 Å². The molecule has 0 aromatic heterocycles. The van der Waals surface area contributed by atoms with E-state index in [0.717, 1.165) is 83.5 Å². The molecule has 0 radical (unpaired) electrons. The number of hydrogen-bond acceptors (Lipinski definition) is 3. The Hall–Kier alpha value is -2.64. The maximum atomic E-state index is 14.4. The van der Waals surface area contributed by atoms with Crippen LogP contribution < -0.4 is 0 Å². The Kier molecular flexibility index (Phi) is 10.9. The third kappa shape index (κ3) is 6.65. The van der Waals surface area contributed by atoms with E-state index in [0.29, 0.717) is 85.2 Å². The van der Waals surface area contributed by atoms with Crippen molar-refractivity contribution in [2.75, 3.05) is 0 Å². The largest absolute Gasteiger partial charge is 0.295 e. The van der Waals surface area contributed by atoms with E-state index < -0.39 is 22.7 Å². The summed E-state index contributed by atoms with van der Waals surface area (Å²) in [6.45, 7) is 10.3. The van der Waals surface area contributed by atoms with Crippen LogP contribution in [0.15, 0.2) is 59.0 Å². The zero-order valence-electron chi connectivity index (χ0n) is 39.2. The van der Waals surface area contributed by atoms with Crippen LogP contribution in [0.2, 0.25) is 0 Å². The number of halogens is 5. The van der Waals surface area contributed by atoms with E-state index in [-0.39, 0.29) is 58.3 Å². The molecule has 12 rings (SSSR count). The highest BCUT2D eigenvalue weighted by Gasteiger charge is 2.67. The fourth-order valence-electron chi connectivity index (χ4n) is 18.3. The summed E-state index contributed by atoms with van der Waals surface area (Å²) in [4.78, 5) is 35.1. The van der Waals surface area contributed by atoms with Gasteiger partial charge in [-0.25, -0.2) is 22.0 Å². The van der Waals surface area contributed by atoms with Gasteiger partial charge >= 0.3 is 0 Å². The molecule has 15 atom stereocenters. The van der Waals surface area contributed by atoms with Gasteiger partial charge in [0.25, 0.3) is 11.8 Å². The number of alkyl halides is 4. The van der Waals surface area contributed by atoms with E-state index >= 15 is 0 Å². The van der Waals surface area contributed by atoms with Crippen molar-refractivity contribution in [1.82, 2.24) is 0 Å². The van der Waals surface area contributed by atoms with Crippen molar-refractivity contribution in [3.63, 3.8) is 0 Å². The zero-order chi connectivity index (χ0) is 45.4. The van der Waals surface area contributed by atoms with Gasteiger partial charge < -0.3 is 0 Å². The van der Waals surface area contributed by atoms with Gasteiger partial charge in [-0.15, -0.1) is 0 Å². The lowest BCUT2D eigenvalue weighted by Crippen LogP contribution is -2.52. The molecule has 350 valence electrons. The van der Waals surface area contributed by atoms with E-state index in [1.54, 1.807) is 12.2 Å². The first-order chi connectivity index (χ1) is 30.2. The molecule has 0 N–H and O–H groups in total. The summed E-state index contributed by atoms with van der Waals surface area (Å²) in [6, 6.07) is 0. The van der Waals surface area contributed by atoms with Gasteiger partial charge in [-0.3, -0.25) is 14.4 Å². The van der Waals surface area contributed by atoms with Crippen molar-refractivity contribution in [1.29, 1.82) is 0 Å². The normalized spacial score (nSPS) is 48.8. The summed E-state index contributed by atoms with van der Waals surface area (Å²) in [7, 11) is 0. The summed E-state index contributed by atoms with van der Waals surface area (Å²) in [6.07, 6.45) is 28.3. The molecule has 0 saturated heterocycles. The fraction of sp³-hybridized carbons (Fsp3) is 0.768. The first kappa shape index (κ1) is 45.2. The number of allylic oxidation sites excluding steroid dienone is 9. The number of rotatable bonds is 0. The van der Waals surface area contributed by atoms with Gasteiger partial charge in [0.1, 0.15) is 5.83 Å². The number of carbonyl (C=O) groups excluding carboxylic acids is 3. The second-order valence-corrected chi connectivity index (χ2v) is 24.5. The van der Waals surface area contributed by atoms with E-state index in [9.17, 15) is 36.3 Å². The minimum atomic E-state index is -2.50. The van der Waals surface area contributed by atoms with Crippen molar-refractivity contribution in [2.45, 2.75) is 181 Å². The molecule has 8 heteroatoms. The zero-order valence-corrected chi connectivity index (χ0v) is 39.2. The predicted octanol–water partition coefficient (Wildman–Crippen LogP) is 14.7. The van der Waals surface area contributed by atoms with Crippen molar-refractivity contribution in [2.24, 2.45) is 86.3 Å². The molecular formula is C56H73F5O3. The van der Waals surface area contributed by atoms with Crippen LogP contribution in [0.3, 0.4) is 0 Å². The molecule has 64 heavy (non-hydrogen) atoms. The van der Waals surface area contributed by atoms with Gasteiger partial charge in [-0.05, 0) is 198 Å². The number of ketones is 3. The first-order valence-electron chi connectivity index (χ1n) is 25.7. The van der Waals surface area contributed by atoms with Crippen LogP contribution in [0.5, 0.6) is 0 Å². The predicted molar refractivity (Wildman–Crippen MR) is 240 cm³/mol. The topological polar surface area (TPSA) is 51.2 Å². The second kappa shape index (κ2) is 15.4. The highest BCUT2D eigenvalue weighted by Crippen LogP contribution is 2.70. The van der Waals surface area contributed by atoms with Gasteiger partial charge in [0, 0.05) is 47.3 Å². The Morgan fingerprint density at radius 2 is 1.09 bits per heavy atom. The smallest absolute Gasteiger partial charge is 0.253 e. The van der Waals surface area contributed by atoms with Gasteiger partial charge in [0.15, 0.2) is 17.3 Å². The molecule has 0 aromatic carbocycles. The quantitative estimate of drug-likeness (QED) is 0.228. The molecule has 0 bridgehead atoms. The van der Waals surface area contributed by atoms with Crippen molar-refractivity contribution in [3.05, 3.63) is 59.0 Å². The molecule has 0 aromatic rings. The van der Waals surface area contributed by atoms with Crippen molar-refractivity contribution >= 4 is 17.3 Å². The minimum Gasteiger partial charge on any atom is -0.295 e. The highest BCUT2D eigenvalue weighted by atomic mass is 19.3. The van der Waals surface area contributed by atoms with Crippen LogP contribution in [-0.2, 0) is 14.4 Å². The minimum absolute atomic E-state index is 0.0606. The number of fused-ring (bicyclic) bond motifs is 15. The maximum absolute atomic E-state index is 14.4. The highest BCUT2D eigenvalue weighted by molar-refractivity contribution is 6.01. The lowest BCUT2D eigenvalue weighted by Gasteiger charge is -2.57. The molecule has 12 aliphatic carbocycles. The molecule has 10 unspecified atom stereocenters. The monoisotopic (exact) mass is 889 g/mol. The van der Waals surface area contributed by atoms with Gasteiger partial charge in [-0.1, -0.05) is 63.5 Å². The lowest BCUT2D eigenvalue weighted by molar-refractivity contribution is -0.151. The van der Waals surface area contributed by atoms with Crippen LogP contribution in [-0.4, -0.2) is 29.2 Å². The first-order valence-corrected chi connectivity index (χ1v) is 25.7. The number of hydrogen-bond donors (Lipinski definition) is 0. The Labute approximate surface area is 379 Å². The summed E-state index contributed by atoms with van der Waals surface area (Å²) < 4.78 is 72.0. The average Bonchev–Trinajstić information content (AvgIpc) is 3.80. The van der Waals surface area contributed by atoms with Crippen LogP contribution in [0.25, 0.3) is 0 Å². The van der Waals surface area contributed by atoms with E-state index in [4.69, 9.17) is 0 Å². The summed E-state index contributed by atoms with van der Waals surface area (Å²) in [5.41, 5.74) is 2.21. The summed E-state index contributed by atoms with van der Waals surface area (Å²) >= 11 is 0. The molecule has 12 aliphatic rings. The van der Waals surface area contributed by atoms with Gasteiger partial charge in [0.05, 0.1) is 0 Å². The molecule has 3 nitrogen and oxygen atoms in total. The molecule has 0 aliphatic heterocycles. The maximum Gasteiger partial charge on any atom is 0.253 e. The van der Waals surface area contributed by atoms with Crippen molar-refractivity contribution < 1.29 is 36.3 Å². The average molecular weight is 889 g/mol. The second-order valence-electron chi connectivity index (χ2n) is 24.5. The van der Waals surface area contributed by atoms with Gasteiger partial charge in [0.2, 0.25) is 0 Å². The summed E-state index contributed by atoms with van der Waals surface area (Å²) in [5.74, 6) is 0.422. The Bertz CT molecular complexity index is 2120. The molecule has 8 fully saturated rings. The van der Waals surface area contributed by atoms with E-state index in [1.165, 1.54) is 23.1 Å². The molecule has 0 heterocycles. The standard InChI is InChI=1S/C19H26F2O.C19H24F2O.C18H23FO/c2*1-17-8-5-13(22)11-12(17)3-4-14-15(17)6-9-18(2)16(14)7-10-19(18,20)21;1-18-9-8-14-13-5-3-12(20)10-11(13)2-4-15(14)16(18)6-7-17(18)19/h11,14-16H,3-10H2,1-2H3;5,8,11,14-16H,3-4,6-7,9-10H2,1-2H3;7,10,13-16H,2-6,8-9H2,1H3/t2*14?,15?,16?,17-,18-;13?,14?,15?,16?,18-/m000/s1. The summed E-state index contributed by atoms with van der Waals surface area (Å²) in [5, 5.41) is 0. The van der Waals surface area contributed by atoms with Crippen LogP contribution >= 0.6 is 0 Å². The fourth-order valence-corrected chi connectivity index (χ4v) is 18.3. The Balaban J connectivity index is 0.000000114. The lowest BCUT2D eigenvalue weighted by atomic mass is 9.47. The molecule has 8 saturated carbocycles. The number of carbonyl (C=O) groups is 3. The van der Waals surface area contributed by atoms with Crippen LogP contribution in [0.1, 0.15) is 169 Å². The third-order valence-corrected chi connectivity index (χ3v) is 22.3. The molecule has 0 spiro atoms. The van der Waals surface area contributed by atoms with Crippen LogP contribution in [0.4, 0.5) is 22.0 Å². The molecular weight excluding hydrogens is 816 g/mol. The molecule has 0 amide bonds. The third-order valence-electron chi connectivity index (χ3n) is 22.3. The Morgan fingerprint density at radius 1 is 0.500 bits per heavy atom. The SMILES string of the molecule is C[C@]12C=CC(=O)C=C1CCC1C2CC[C@@]2(C)C1CCC2(F)F.C[C@]12CCC(=O)C=C1CCC1C2CC[C@@]2(C)C1CCC2(F)F.C[C@]12CCC3C4CCC(=O)C=C4CCC3C1CC=C2F. The van der Waals surface area contributed by atoms with Crippen LogP contribution in [0, 0.1) is 86.3 Å². The van der Waals surface area contributed by atoms with Crippen molar-refractivity contribution in [3.8, 4) is 0 Å².